The number of nitrogens with zero attached hydrogens (tertiary/aromatic N) is 2. The Morgan fingerprint density at radius 1 is 1.21 bits per heavy atom. The van der Waals surface area contributed by atoms with Crippen LogP contribution in [0.15, 0.2) is 36.7 Å². The summed E-state index contributed by atoms with van der Waals surface area (Å²) in [4.78, 5) is 4.49. The summed E-state index contributed by atoms with van der Waals surface area (Å²) >= 11 is 0. The summed E-state index contributed by atoms with van der Waals surface area (Å²) in [5.74, 6) is 0. The van der Waals surface area contributed by atoms with Crippen molar-refractivity contribution >= 4 is 0 Å². The van der Waals surface area contributed by atoms with Gasteiger partial charge in [0.2, 0.25) is 0 Å². The maximum Gasteiger partial charge on any atom is 0.0894 e. The van der Waals surface area contributed by atoms with E-state index in [-0.39, 0.29) is 0 Å². The molecule has 14 heavy (non-hydrogen) atoms. The summed E-state index contributed by atoms with van der Waals surface area (Å²) in [7, 11) is 2.09. The molecular formula is C12H16N2. The van der Waals surface area contributed by atoms with E-state index in [0.717, 1.165) is 13.2 Å². The molecule has 0 saturated heterocycles. The predicted octanol–water partition coefficient (Wildman–Crippen LogP) is 2.17. The quantitative estimate of drug-likeness (QED) is 0.702. The fourth-order valence-electron chi connectivity index (χ4n) is 1.70. The third-order valence-electron chi connectivity index (χ3n) is 2.57. The molecule has 0 N–H and O–H groups in total. The van der Waals surface area contributed by atoms with Crippen molar-refractivity contribution in [2.75, 3.05) is 13.7 Å². The van der Waals surface area contributed by atoms with Crippen molar-refractivity contribution in [1.29, 1.82) is 0 Å². The maximum absolute atomic E-state index is 2.31. The zero-order valence-electron chi connectivity index (χ0n) is 8.77. The van der Waals surface area contributed by atoms with E-state index >= 15 is 0 Å². The van der Waals surface area contributed by atoms with E-state index in [1.807, 2.05) is 0 Å². The summed E-state index contributed by atoms with van der Waals surface area (Å²) in [6, 6.07) is 8.55. The third kappa shape index (κ3) is 1.90. The minimum atomic E-state index is 0.994. The van der Waals surface area contributed by atoms with E-state index in [9.17, 15) is 0 Å². The summed E-state index contributed by atoms with van der Waals surface area (Å²) < 4.78 is 0. The second-order valence-electron chi connectivity index (χ2n) is 3.87. The standard InChI is InChI=1S/C12H16N2/c1-11-5-3-4-6-12(11)9-14-8-7-13(2)10-14/h3-8H,9-10H2,1-2H3. The van der Waals surface area contributed by atoms with Crippen LogP contribution in [0.2, 0.25) is 0 Å². The molecule has 0 unspecified atom stereocenters. The van der Waals surface area contributed by atoms with Crippen LogP contribution < -0.4 is 0 Å². The lowest BCUT2D eigenvalue weighted by atomic mass is 10.1. The average molecular weight is 188 g/mol. The molecule has 74 valence electrons. The van der Waals surface area contributed by atoms with E-state index in [0.29, 0.717) is 0 Å². The van der Waals surface area contributed by atoms with Gasteiger partial charge in [-0.1, -0.05) is 24.3 Å². The number of hydrogen-bond donors (Lipinski definition) is 0. The van der Waals surface area contributed by atoms with Crippen LogP contribution in [0.4, 0.5) is 0 Å². The summed E-state index contributed by atoms with van der Waals surface area (Å²) in [5.41, 5.74) is 2.78. The lowest BCUT2D eigenvalue weighted by molar-refractivity contribution is 0.290. The van der Waals surface area contributed by atoms with Crippen molar-refractivity contribution in [3.63, 3.8) is 0 Å². The van der Waals surface area contributed by atoms with Gasteiger partial charge in [-0.05, 0) is 18.1 Å². The van der Waals surface area contributed by atoms with Crippen LogP contribution in [0.3, 0.4) is 0 Å². The van der Waals surface area contributed by atoms with Gasteiger partial charge in [0, 0.05) is 26.0 Å². The molecule has 0 radical (unpaired) electrons. The van der Waals surface area contributed by atoms with Crippen LogP contribution in [-0.2, 0) is 6.54 Å². The highest BCUT2D eigenvalue weighted by Gasteiger charge is 2.09. The fourth-order valence-corrected chi connectivity index (χ4v) is 1.70. The van der Waals surface area contributed by atoms with Crippen LogP contribution in [-0.4, -0.2) is 23.5 Å². The molecule has 2 heteroatoms. The van der Waals surface area contributed by atoms with Gasteiger partial charge in [0.05, 0.1) is 6.67 Å². The fraction of sp³-hybridized carbons (Fsp3) is 0.333. The Morgan fingerprint density at radius 2 is 2.00 bits per heavy atom. The minimum absolute atomic E-state index is 0.994. The molecule has 1 aliphatic rings. The van der Waals surface area contributed by atoms with E-state index < -0.39 is 0 Å². The van der Waals surface area contributed by atoms with Crippen LogP contribution in [0, 0.1) is 6.92 Å². The van der Waals surface area contributed by atoms with Crippen LogP contribution >= 0.6 is 0 Å². The third-order valence-corrected chi connectivity index (χ3v) is 2.57. The van der Waals surface area contributed by atoms with Gasteiger partial charge in [0.25, 0.3) is 0 Å². The van der Waals surface area contributed by atoms with Gasteiger partial charge in [-0.25, -0.2) is 0 Å². The van der Waals surface area contributed by atoms with Gasteiger partial charge in [-0.15, -0.1) is 0 Å². The van der Waals surface area contributed by atoms with Crippen molar-refractivity contribution in [1.82, 2.24) is 9.80 Å². The van der Waals surface area contributed by atoms with Gasteiger partial charge < -0.3 is 9.80 Å². The molecule has 0 spiro atoms. The largest absolute Gasteiger partial charge is 0.362 e. The topological polar surface area (TPSA) is 6.48 Å². The molecule has 2 nitrogen and oxygen atoms in total. The van der Waals surface area contributed by atoms with Gasteiger partial charge in [-0.2, -0.15) is 0 Å². The number of benzene rings is 1. The molecule has 1 heterocycles. The number of hydrogen-bond acceptors (Lipinski definition) is 2. The predicted molar refractivity (Wildman–Crippen MR) is 58.5 cm³/mol. The van der Waals surface area contributed by atoms with Gasteiger partial charge in [0.1, 0.15) is 0 Å². The van der Waals surface area contributed by atoms with Crippen LogP contribution in [0.5, 0.6) is 0 Å². The molecular weight excluding hydrogens is 172 g/mol. The summed E-state index contributed by atoms with van der Waals surface area (Å²) in [6.45, 7) is 4.17. The maximum atomic E-state index is 2.31. The van der Waals surface area contributed by atoms with E-state index in [1.165, 1.54) is 11.1 Å². The zero-order valence-corrected chi connectivity index (χ0v) is 8.77. The molecule has 0 amide bonds. The van der Waals surface area contributed by atoms with Crippen LogP contribution in [0.1, 0.15) is 11.1 Å². The first kappa shape index (κ1) is 9.13. The average Bonchev–Trinajstić information content (AvgIpc) is 2.56. The Bertz CT molecular complexity index is 344. The lowest BCUT2D eigenvalue weighted by Crippen LogP contribution is -2.22. The molecule has 1 aromatic carbocycles. The highest BCUT2D eigenvalue weighted by atomic mass is 15.3. The molecule has 0 aliphatic carbocycles. The van der Waals surface area contributed by atoms with Crippen molar-refractivity contribution in [2.24, 2.45) is 0 Å². The molecule has 0 saturated carbocycles. The zero-order chi connectivity index (χ0) is 9.97. The first-order chi connectivity index (χ1) is 6.75. The molecule has 1 aromatic rings. The Balaban J connectivity index is 2.05. The first-order valence-electron chi connectivity index (χ1n) is 4.93. The monoisotopic (exact) mass is 188 g/mol. The van der Waals surface area contributed by atoms with Crippen LogP contribution in [0.25, 0.3) is 0 Å². The molecule has 0 atom stereocenters. The molecule has 0 fully saturated rings. The highest BCUT2D eigenvalue weighted by molar-refractivity contribution is 5.25. The van der Waals surface area contributed by atoms with Gasteiger partial charge in [0.15, 0.2) is 0 Å². The van der Waals surface area contributed by atoms with Gasteiger partial charge in [-0.3, -0.25) is 0 Å². The molecule has 2 rings (SSSR count). The van der Waals surface area contributed by atoms with Gasteiger partial charge >= 0.3 is 0 Å². The first-order valence-corrected chi connectivity index (χ1v) is 4.93. The normalized spacial score (nSPS) is 15.3. The Labute approximate surface area is 85.4 Å². The second-order valence-corrected chi connectivity index (χ2v) is 3.87. The molecule has 0 bridgehead atoms. The number of aryl methyl sites for hydroxylation is 1. The highest BCUT2D eigenvalue weighted by Crippen LogP contribution is 2.13. The Kier molecular flexibility index (Phi) is 2.44. The molecule has 1 aliphatic heterocycles. The van der Waals surface area contributed by atoms with Crippen molar-refractivity contribution in [3.8, 4) is 0 Å². The Morgan fingerprint density at radius 3 is 2.64 bits per heavy atom. The van der Waals surface area contributed by atoms with E-state index in [4.69, 9.17) is 0 Å². The van der Waals surface area contributed by atoms with Crippen molar-refractivity contribution in [2.45, 2.75) is 13.5 Å². The Hall–Kier alpha value is -1.44. The summed E-state index contributed by atoms with van der Waals surface area (Å²) in [6.07, 6.45) is 4.25. The summed E-state index contributed by atoms with van der Waals surface area (Å²) in [5, 5.41) is 0. The SMILES string of the molecule is Cc1ccccc1CN1C=CN(C)C1. The van der Waals surface area contributed by atoms with E-state index in [2.05, 4.69) is 60.4 Å². The van der Waals surface area contributed by atoms with E-state index in [1.54, 1.807) is 0 Å². The number of rotatable bonds is 2. The molecule has 0 aromatic heterocycles. The minimum Gasteiger partial charge on any atom is -0.362 e. The lowest BCUT2D eigenvalue weighted by Gasteiger charge is -2.19. The van der Waals surface area contributed by atoms with Crippen molar-refractivity contribution < 1.29 is 0 Å². The second kappa shape index (κ2) is 3.74. The smallest absolute Gasteiger partial charge is 0.0894 e. The van der Waals surface area contributed by atoms with Crippen molar-refractivity contribution in [3.05, 3.63) is 47.8 Å².